The Morgan fingerprint density at radius 1 is 0.800 bits per heavy atom. The number of hydrogen-bond acceptors (Lipinski definition) is 0. The van der Waals surface area contributed by atoms with Gasteiger partial charge in [-0.3, -0.25) is 0 Å². The SMILES string of the molecule is CCCCC[C@H]1CC[C@H](c2ccc(-c3cc(F)cc(F)c3)cc2)CC1. The van der Waals surface area contributed by atoms with Crippen LogP contribution < -0.4 is 0 Å². The Morgan fingerprint density at radius 2 is 1.44 bits per heavy atom. The van der Waals surface area contributed by atoms with Gasteiger partial charge in [0.05, 0.1) is 0 Å². The lowest BCUT2D eigenvalue weighted by atomic mass is 9.77. The smallest absolute Gasteiger partial charge is 0.126 e. The average Bonchev–Trinajstić information content (AvgIpc) is 2.62. The van der Waals surface area contributed by atoms with Crippen molar-refractivity contribution in [1.82, 2.24) is 0 Å². The molecule has 0 aliphatic heterocycles. The number of halogens is 2. The molecule has 0 atom stereocenters. The van der Waals surface area contributed by atoms with E-state index in [0.29, 0.717) is 11.5 Å². The molecule has 0 unspecified atom stereocenters. The van der Waals surface area contributed by atoms with Crippen LogP contribution >= 0.6 is 0 Å². The predicted molar refractivity (Wildman–Crippen MR) is 101 cm³/mol. The number of benzene rings is 2. The minimum Gasteiger partial charge on any atom is -0.207 e. The number of rotatable bonds is 6. The molecule has 1 fully saturated rings. The van der Waals surface area contributed by atoms with Gasteiger partial charge in [-0.25, -0.2) is 8.78 Å². The van der Waals surface area contributed by atoms with Gasteiger partial charge in [-0.05, 0) is 66.3 Å². The quantitative estimate of drug-likeness (QED) is 0.477. The van der Waals surface area contributed by atoms with Crippen LogP contribution in [-0.2, 0) is 0 Å². The van der Waals surface area contributed by atoms with Crippen LogP contribution in [0, 0.1) is 17.6 Å². The van der Waals surface area contributed by atoms with Crippen molar-refractivity contribution in [1.29, 1.82) is 0 Å². The van der Waals surface area contributed by atoms with Crippen molar-refractivity contribution < 1.29 is 8.78 Å². The van der Waals surface area contributed by atoms with Gasteiger partial charge in [0.2, 0.25) is 0 Å². The van der Waals surface area contributed by atoms with Gasteiger partial charge in [0.15, 0.2) is 0 Å². The molecule has 0 nitrogen and oxygen atoms in total. The lowest BCUT2D eigenvalue weighted by Crippen LogP contribution is -2.13. The van der Waals surface area contributed by atoms with Gasteiger partial charge in [-0.2, -0.15) is 0 Å². The van der Waals surface area contributed by atoms with Crippen molar-refractivity contribution in [3.63, 3.8) is 0 Å². The summed E-state index contributed by atoms with van der Waals surface area (Å²) in [5.74, 6) is 0.499. The summed E-state index contributed by atoms with van der Waals surface area (Å²) < 4.78 is 26.8. The first-order valence-corrected chi connectivity index (χ1v) is 9.72. The van der Waals surface area contributed by atoms with Crippen LogP contribution in [0.4, 0.5) is 8.78 Å². The van der Waals surface area contributed by atoms with Gasteiger partial charge in [0.25, 0.3) is 0 Å². The van der Waals surface area contributed by atoms with Crippen LogP contribution in [-0.4, -0.2) is 0 Å². The van der Waals surface area contributed by atoms with E-state index < -0.39 is 11.6 Å². The van der Waals surface area contributed by atoms with E-state index in [1.54, 1.807) is 0 Å². The van der Waals surface area contributed by atoms with Crippen LogP contribution in [0.3, 0.4) is 0 Å². The molecular formula is C23H28F2. The Labute approximate surface area is 150 Å². The average molecular weight is 342 g/mol. The molecule has 2 heteroatoms. The highest BCUT2D eigenvalue weighted by Gasteiger charge is 2.22. The maximum atomic E-state index is 13.4. The summed E-state index contributed by atoms with van der Waals surface area (Å²) in [6, 6.07) is 12.0. The van der Waals surface area contributed by atoms with E-state index in [4.69, 9.17) is 0 Å². The van der Waals surface area contributed by atoms with Crippen molar-refractivity contribution in [2.24, 2.45) is 5.92 Å². The molecule has 2 aromatic carbocycles. The van der Waals surface area contributed by atoms with Crippen molar-refractivity contribution in [3.05, 3.63) is 59.7 Å². The van der Waals surface area contributed by atoms with E-state index in [1.165, 1.54) is 69.1 Å². The molecule has 0 aromatic heterocycles. The molecule has 25 heavy (non-hydrogen) atoms. The third-order valence-electron chi connectivity index (χ3n) is 5.64. The maximum Gasteiger partial charge on any atom is 0.126 e. The monoisotopic (exact) mass is 342 g/mol. The van der Waals surface area contributed by atoms with E-state index >= 15 is 0 Å². The van der Waals surface area contributed by atoms with Crippen molar-refractivity contribution in [2.75, 3.05) is 0 Å². The first kappa shape index (κ1) is 18.1. The van der Waals surface area contributed by atoms with Crippen LogP contribution in [0.2, 0.25) is 0 Å². The molecule has 3 rings (SSSR count). The molecule has 134 valence electrons. The first-order chi connectivity index (χ1) is 12.2. The van der Waals surface area contributed by atoms with Gasteiger partial charge in [0, 0.05) is 6.07 Å². The van der Waals surface area contributed by atoms with Gasteiger partial charge in [0.1, 0.15) is 11.6 Å². The van der Waals surface area contributed by atoms with E-state index in [2.05, 4.69) is 19.1 Å². The van der Waals surface area contributed by atoms with E-state index in [0.717, 1.165) is 17.5 Å². The first-order valence-electron chi connectivity index (χ1n) is 9.72. The molecule has 1 aliphatic rings. The van der Waals surface area contributed by atoms with Gasteiger partial charge < -0.3 is 0 Å². The highest BCUT2D eigenvalue weighted by molar-refractivity contribution is 5.63. The summed E-state index contributed by atoms with van der Waals surface area (Å²) in [5.41, 5.74) is 2.84. The van der Waals surface area contributed by atoms with Crippen LogP contribution in [0.25, 0.3) is 11.1 Å². The molecule has 0 radical (unpaired) electrons. The van der Waals surface area contributed by atoms with Crippen molar-refractivity contribution in [2.45, 2.75) is 64.2 Å². The largest absolute Gasteiger partial charge is 0.207 e. The number of unbranched alkanes of at least 4 members (excludes halogenated alkanes) is 2. The minimum atomic E-state index is -0.527. The molecule has 1 saturated carbocycles. The fourth-order valence-corrected chi connectivity index (χ4v) is 4.14. The van der Waals surface area contributed by atoms with Crippen molar-refractivity contribution >= 4 is 0 Å². The fourth-order valence-electron chi connectivity index (χ4n) is 4.14. The van der Waals surface area contributed by atoms with Crippen LogP contribution in [0.5, 0.6) is 0 Å². The second-order valence-corrected chi connectivity index (χ2v) is 7.49. The van der Waals surface area contributed by atoms with Crippen LogP contribution in [0.15, 0.2) is 42.5 Å². The van der Waals surface area contributed by atoms with Gasteiger partial charge in [-0.1, -0.05) is 56.9 Å². The Bertz CT molecular complexity index is 647. The second kappa shape index (κ2) is 8.60. The summed E-state index contributed by atoms with van der Waals surface area (Å²) in [6.45, 7) is 2.26. The third-order valence-corrected chi connectivity index (χ3v) is 5.64. The molecule has 0 N–H and O–H groups in total. The summed E-state index contributed by atoms with van der Waals surface area (Å²) in [6.07, 6.45) is 10.7. The Morgan fingerprint density at radius 3 is 2.04 bits per heavy atom. The van der Waals surface area contributed by atoms with E-state index in [9.17, 15) is 8.78 Å². The lowest BCUT2D eigenvalue weighted by molar-refractivity contribution is 0.303. The van der Waals surface area contributed by atoms with Gasteiger partial charge in [-0.15, -0.1) is 0 Å². The molecule has 2 aromatic rings. The molecule has 0 amide bonds. The molecule has 0 bridgehead atoms. The van der Waals surface area contributed by atoms with Crippen molar-refractivity contribution in [3.8, 4) is 11.1 Å². The molecule has 1 aliphatic carbocycles. The molecular weight excluding hydrogens is 314 g/mol. The normalized spacial score (nSPS) is 20.6. The lowest BCUT2D eigenvalue weighted by Gasteiger charge is -2.29. The fraction of sp³-hybridized carbons (Fsp3) is 0.478. The summed E-state index contributed by atoms with van der Waals surface area (Å²) in [4.78, 5) is 0. The molecule has 0 saturated heterocycles. The summed E-state index contributed by atoms with van der Waals surface area (Å²) >= 11 is 0. The zero-order valence-electron chi connectivity index (χ0n) is 15.1. The Hall–Kier alpha value is -1.70. The second-order valence-electron chi connectivity index (χ2n) is 7.49. The minimum absolute atomic E-state index is 0.527. The number of hydrogen-bond donors (Lipinski definition) is 0. The maximum absolute atomic E-state index is 13.4. The molecule has 0 spiro atoms. The highest BCUT2D eigenvalue weighted by Crippen LogP contribution is 2.38. The zero-order chi connectivity index (χ0) is 17.6. The topological polar surface area (TPSA) is 0 Å². The van der Waals surface area contributed by atoms with E-state index in [1.807, 2.05) is 12.1 Å². The predicted octanol–water partition coefficient (Wildman–Crippen LogP) is 7.49. The highest BCUT2D eigenvalue weighted by atomic mass is 19.1. The summed E-state index contributed by atoms with van der Waals surface area (Å²) in [7, 11) is 0. The van der Waals surface area contributed by atoms with Crippen LogP contribution in [0.1, 0.15) is 69.8 Å². The third kappa shape index (κ3) is 4.90. The molecule has 0 heterocycles. The Balaban J connectivity index is 1.60. The van der Waals surface area contributed by atoms with E-state index in [-0.39, 0.29) is 0 Å². The van der Waals surface area contributed by atoms with Gasteiger partial charge >= 0.3 is 0 Å². The Kier molecular flexibility index (Phi) is 6.23. The standard InChI is InChI=1S/C23H28F2/c1-2-3-4-5-17-6-8-18(9-7-17)19-10-12-20(13-11-19)21-14-22(24)16-23(25)15-21/h10-18H,2-9H2,1H3/t17-,18-. The zero-order valence-corrected chi connectivity index (χ0v) is 15.1. The summed E-state index contributed by atoms with van der Waals surface area (Å²) in [5, 5.41) is 0.